The summed E-state index contributed by atoms with van der Waals surface area (Å²) in [6.45, 7) is 4.77. The van der Waals surface area contributed by atoms with E-state index in [0.29, 0.717) is 6.21 Å². The number of aliphatic hydroxyl groups excluding tert-OH is 1. The summed E-state index contributed by atoms with van der Waals surface area (Å²) < 4.78 is 0. The third kappa shape index (κ3) is 5.56. The van der Waals surface area contributed by atoms with E-state index in [1.54, 1.807) is 13.8 Å². The van der Waals surface area contributed by atoms with Gasteiger partial charge in [-0.25, -0.2) is 0 Å². The molecule has 0 bridgehead atoms. The van der Waals surface area contributed by atoms with Crippen LogP contribution in [0.1, 0.15) is 20.8 Å². The number of aliphatic carboxylic acids is 1. The molecular formula is C11H20N2O6. The molecule has 0 fully saturated rings. The van der Waals surface area contributed by atoms with Gasteiger partial charge in [0.1, 0.15) is 0 Å². The number of nitrogens with zero attached hydrogens (tertiary/aromatic N) is 1. The quantitative estimate of drug-likeness (QED) is 0.323. The first kappa shape index (κ1) is 17.2. The molecule has 0 aromatic rings. The third-order valence-electron chi connectivity index (χ3n) is 2.70. The summed E-state index contributed by atoms with van der Waals surface area (Å²) in [5.41, 5.74) is 0. The van der Waals surface area contributed by atoms with Crippen molar-refractivity contribution in [2.75, 3.05) is 7.11 Å². The van der Waals surface area contributed by atoms with E-state index in [2.05, 4.69) is 10.2 Å². The highest BCUT2D eigenvalue weighted by Crippen LogP contribution is 2.14. The fourth-order valence-electron chi connectivity index (χ4n) is 1.45. The van der Waals surface area contributed by atoms with Crippen molar-refractivity contribution < 1.29 is 29.5 Å². The molecule has 0 aromatic heterocycles. The van der Waals surface area contributed by atoms with Crippen LogP contribution in [0.5, 0.6) is 0 Å². The predicted molar refractivity (Wildman–Crippen MR) is 66.3 cm³/mol. The molecular weight excluding hydrogens is 256 g/mol. The molecule has 0 aliphatic rings. The monoisotopic (exact) mass is 276 g/mol. The Morgan fingerprint density at radius 3 is 2.26 bits per heavy atom. The molecule has 0 aliphatic carbocycles. The van der Waals surface area contributed by atoms with Gasteiger partial charge in [0.15, 0.2) is 0 Å². The van der Waals surface area contributed by atoms with Crippen LogP contribution >= 0.6 is 0 Å². The maximum absolute atomic E-state index is 11.5. The van der Waals surface area contributed by atoms with Gasteiger partial charge < -0.3 is 20.4 Å². The molecule has 0 radical (unpaired) electrons. The van der Waals surface area contributed by atoms with E-state index >= 15 is 0 Å². The standard InChI is InChI=1S/C11H20N2O6/c1-6(2)9(10(15)7(3)11(16)17)12-8(14)5-13(18)19-4/h5-7,9-10,15H,1-4H3,(H,12,14)(H,16,17)/b13-5+/t7-,9+,10+/m0/s1. The minimum absolute atomic E-state index is 0.0419. The Kier molecular flexibility index (Phi) is 6.84. The Morgan fingerprint density at radius 1 is 1.37 bits per heavy atom. The number of carbonyl (C=O) groups excluding carboxylic acids is 1. The zero-order valence-electron chi connectivity index (χ0n) is 11.4. The number of hydrogen-bond donors (Lipinski definition) is 3. The van der Waals surface area contributed by atoms with Gasteiger partial charge >= 0.3 is 11.9 Å². The van der Waals surface area contributed by atoms with E-state index in [9.17, 15) is 19.9 Å². The zero-order valence-corrected chi connectivity index (χ0v) is 11.4. The Labute approximate surface area is 111 Å². The van der Waals surface area contributed by atoms with Gasteiger partial charge in [0, 0.05) is 12.0 Å². The normalized spacial score (nSPS) is 16.6. The summed E-state index contributed by atoms with van der Waals surface area (Å²) in [5.74, 6) is -3.19. The van der Waals surface area contributed by atoms with Crippen LogP contribution in [0.25, 0.3) is 0 Å². The molecule has 0 unspecified atom stereocenters. The molecule has 0 aliphatic heterocycles. The second kappa shape index (κ2) is 7.57. The molecule has 0 saturated heterocycles. The second-order valence-corrected chi connectivity index (χ2v) is 4.49. The number of rotatable bonds is 7. The fraction of sp³-hybridized carbons (Fsp3) is 0.727. The number of carboxylic acid groups (broad SMARTS) is 1. The lowest BCUT2D eigenvalue weighted by Gasteiger charge is -2.28. The summed E-state index contributed by atoms with van der Waals surface area (Å²) in [6.07, 6.45) is -0.648. The van der Waals surface area contributed by atoms with E-state index < -0.39 is 29.9 Å². The fourth-order valence-corrected chi connectivity index (χ4v) is 1.45. The second-order valence-electron chi connectivity index (χ2n) is 4.49. The first-order chi connectivity index (χ1) is 8.70. The SMILES string of the molecule is CO/[N+]([O-])=C/C(=O)N[C@H](C(C)C)[C@H](O)[C@H](C)C(=O)O. The first-order valence-electron chi connectivity index (χ1n) is 5.77. The van der Waals surface area contributed by atoms with Gasteiger partial charge in [0.05, 0.1) is 18.1 Å². The van der Waals surface area contributed by atoms with E-state index in [-0.39, 0.29) is 10.8 Å². The molecule has 3 atom stereocenters. The van der Waals surface area contributed by atoms with E-state index in [4.69, 9.17) is 5.11 Å². The molecule has 1 amide bonds. The van der Waals surface area contributed by atoms with Crippen LogP contribution in [0.2, 0.25) is 0 Å². The number of amides is 1. The van der Waals surface area contributed by atoms with Crippen molar-refractivity contribution in [3.63, 3.8) is 0 Å². The van der Waals surface area contributed by atoms with Crippen LogP contribution < -0.4 is 5.32 Å². The summed E-state index contributed by atoms with van der Waals surface area (Å²) in [4.78, 5) is 26.5. The Balaban J connectivity index is 4.85. The molecule has 0 rings (SSSR count). The van der Waals surface area contributed by atoms with Crippen molar-refractivity contribution in [1.29, 1.82) is 0 Å². The highest BCUT2D eigenvalue weighted by molar-refractivity contribution is 6.24. The highest BCUT2D eigenvalue weighted by Gasteiger charge is 2.32. The minimum atomic E-state index is -1.27. The molecule has 0 heterocycles. The van der Waals surface area contributed by atoms with E-state index in [0.717, 1.165) is 7.11 Å². The smallest absolute Gasteiger partial charge is 0.314 e. The summed E-state index contributed by atoms with van der Waals surface area (Å²) >= 11 is 0. The Hall–Kier alpha value is -1.83. The summed E-state index contributed by atoms with van der Waals surface area (Å²) in [7, 11) is 1.10. The Morgan fingerprint density at radius 2 is 1.89 bits per heavy atom. The lowest BCUT2D eigenvalue weighted by atomic mass is 9.90. The number of carbonyl (C=O) groups is 2. The van der Waals surface area contributed by atoms with Crippen LogP contribution in [0, 0.1) is 17.0 Å². The van der Waals surface area contributed by atoms with E-state index in [1.165, 1.54) is 6.92 Å². The number of carboxylic acids is 1. The lowest BCUT2D eigenvalue weighted by Crippen LogP contribution is -2.51. The van der Waals surface area contributed by atoms with Gasteiger partial charge in [0.25, 0.3) is 6.21 Å². The van der Waals surface area contributed by atoms with Crippen LogP contribution in [0.4, 0.5) is 0 Å². The van der Waals surface area contributed by atoms with Gasteiger partial charge in [-0.15, -0.1) is 0 Å². The lowest BCUT2D eigenvalue weighted by molar-refractivity contribution is -0.729. The van der Waals surface area contributed by atoms with Gasteiger partial charge in [-0.1, -0.05) is 13.8 Å². The topological polar surface area (TPSA) is 122 Å². The van der Waals surface area contributed by atoms with Crippen LogP contribution in [-0.2, 0) is 14.4 Å². The van der Waals surface area contributed by atoms with Crippen molar-refractivity contribution in [1.82, 2.24) is 5.32 Å². The van der Waals surface area contributed by atoms with Crippen molar-refractivity contribution in [3.05, 3.63) is 5.21 Å². The van der Waals surface area contributed by atoms with E-state index in [1.807, 2.05) is 0 Å². The maximum Gasteiger partial charge on any atom is 0.314 e. The van der Waals surface area contributed by atoms with Crippen LogP contribution in [-0.4, -0.2) is 52.5 Å². The van der Waals surface area contributed by atoms with Crippen molar-refractivity contribution in [2.45, 2.75) is 32.9 Å². The van der Waals surface area contributed by atoms with Crippen molar-refractivity contribution in [3.8, 4) is 0 Å². The molecule has 8 heteroatoms. The number of nitrogens with one attached hydrogen (secondary N) is 1. The maximum atomic E-state index is 11.5. The van der Waals surface area contributed by atoms with Crippen molar-refractivity contribution in [2.24, 2.45) is 11.8 Å². The highest BCUT2D eigenvalue weighted by atomic mass is 16.9. The van der Waals surface area contributed by atoms with Crippen molar-refractivity contribution >= 4 is 18.1 Å². The predicted octanol–water partition coefficient (Wildman–Crippen LogP) is -0.649. The molecule has 19 heavy (non-hydrogen) atoms. The molecule has 0 saturated carbocycles. The molecule has 110 valence electrons. The largest absolute Gasteiger partial charge is 0.481 e. The van der Waals surface area contributed by atoms with Crippen LogP contribution in [0.3, 0.4) is 0 Å². The summed E-state index contributed by atoms with van der Waals surface area (Å²) in [5, 5.41) is 32.0. The van der Waals surface area contributed by atoms with Gasteiger partial charge in [-0.2, -0.15) is 0 Å². The van der Waals surface area contributed by atoms with Crippen LogP contribution in [0.15, 0.2) is 0 Å². The van der Waals surface area contributed by atoms with Gasteiger partial charge in [-0.3, -0.25) is 14.8 Å². The first-order valence-corrected chi connectivity index (χ1v) is 5.77. The van der Waals surface area contributed by atoms with Gasteiger partial charge in [-0.05, 0) is 12.8 Å². The number of aliphatic hydroxyl groups is 1. The molecule has 8 nitrogen and oxygen atoms in total. The minimum Gasteiger partial charge on any atom is -0.481 e. The van der Waals surface area contributed by atoms with Gasteiger partial charge in [0.2, 0.25) is 0 Å². The number of hydrogen-bond acceptors (Lipinski definition) is 5. The molecule has 0 spiro atoms. The zero-order chi connectivity index (χ0) is 15.2. The Bertz CT molecular complexity index is 355. The molecule has 3 N–H and O–H groups in total. The average molecular weight is 276 g/mol. The molecule has 0 aromatic carbocycles. The third-order valence-corrected chi connectivity index (χ3v) is 2.70. The average Bonchev–Trinajstić information content (AvgIpc) is 2.33. The summed E-state index contributed by atoms with van der Waals surface area (Å²) in [6, 6.07) is -0.792.